The average Bonchev–Trinajstić information content (AvgIpc) is 3.45. The van der Waals surface area contributed by atoms with Gasteiger partial charge in [-0.2, -0.15) is 0 Å². The van der Waals surface area contributed by atoms with Crippen LogP contribution in [0.3, 0.4) is 0 Å². The van der Waals surface area contributed by atoms with E-state index < -0.39 is 22.7 Å². The quantitative estimate of drug-likeness (QED) is 0.261. The largest absolute Gasteiger partial charge is 0.413 e. The standard InChI is InChI=1S/C39H69NO4Si2/c1-26-29(24-30(43-45(11,12)37(3,4)5)25-34(26)44-46(13,14)38(6,7)8)18-17-28-16-15-22-39(9)32(19-20-33(28)39)27(2)35(41)31-21-23-40(10)36(31)42/h17-18,27,30-35,41H,1,15-16,19-25H2,2-14H3/b28-17+,29-18+/t27-,30+,31?,32+,33?,34-,35?,39+/m0/s1. The smallest absolute Gasteiger partial charge is 0.228 e. The minimum absolute atomic E-state index is 0.0128. The Labute approximate surface area is 284 Å². The first-order chi connectivity index (χ1) is 21.0. The van der Waals surface area contributed by atoms with Gasteiger partial charge in [0.2, 0.25) is 5.91 Å². The Morgan fingerprint density at radius 1 is 1.00 bits per heavy atom. The summed E-state index contributed by atoms with van der Waals surface area (Å²) in [5.74, 6) is 0.945. The lowest BCUT2D eigenvalue weighted by molar-refractivity contribution is -0.134. The summed E-state index contributed by atoms with van der Waals surface area (Å²) in [6, 6.07) is 0. The van der Waals surface area contributed by atoms with Crippen molar-refractivity contribution in [2.45, 2.75) is 161 Å². The average molecular weight is 672 g/mol. The number of amides is 1. The Bertz CT molecular complexity index is 1210. The van der Waals surface area contributed by atoms with Crippen molar-refractivity contribution in [1.29, 1.82) is 0 Å². The number of aliphatic hydroxyl groups excluding tert-OH is 1. The molecule has 5 nitrogen and oxygen atoms in total. The normalized spacial score (nSPS) is 34.8. The van der Waals surface area contributed by atoms with Crippen LogP contribution in [0.25, 0.3) is 0 Å². The molecule has 0 bridgehead atoms. The number of allylic oxidation sites excluding steroid dienone is 3. The lowest BCUT2D eigenvalue weighted by Gasteiger charge is -2.46. The Morgan fingerprint density at radius 2 is 1.61 bits per heavy atom. The monoisotopic (exact) mass is 671 g/mol. The molecule has 1 heterocycles. The second-order valence-electron chi connectivity index (χ2n) is 18.9. The van der Waals surface area contributed by atoms with Crippen molar-refractivity contribution in [3.8, 4) is 0 Å². The van der Waals surface area contributed by atoms with Crippen LogP contribution in [0.15, 0.2) is 35.5 Å². The molecule has 1 N–H and O–H groups in total. The van der Waals surface area contributed by atoms with Crippen LogP contribution in [0.1, 0.15) is 107 Å². The third-order valence-corrected chi connectivity index (χ3v) is 22.8. The molecule has 7 heteroatoms. The Hall–Kier alpha value is -0.996. The maximum atomic E-state index is 12.8. The second kappa shape index (κ2) is 13.4. The topological polar surface area (TPSA) is 59.0 Å². The summed E-state index contributed by atoms with van der Waals surface area (Å²) in [4.78, 5) is 14.6. The molecule has 1 saturated heterocycles. The fraction of sp³-hybridized carbons (Fsp3) is 0.821. The van der Waals surface area contributed by atoms with Gasteiger partial charge in [-0.25, -0.2) is 0 Å². The van der Waals surface area contributed by atoms with Gasteiger partial charge in [0.15, 0.2) is 16.6 Å². The number of aliphatic hydroxyl groups is 1. The van der Waals surface area contributed by atoms with Crippen LogP contribution in [0, 0.1) is 29.1 Å². The summed E-state index contributed by atoms with van der Waals surface area (Å²) in [5.41, 5.74) is 4.15. The Kier molecular flexibility index (Phi) is 11.0. The lowest BCUT2D eigenvalue weighted by atomic mass is 9.60. The highest BCUT2D eigenvalue weighted by atomic mass is 28.4. The first kappa shape index (κ1) is 37.8. The highest BCUT2D eigenvalue weighted by Crippen LogP contribution is 2.60. The maximum Gasteiger partial charge on any atom is 0.228 e. The number of nitrogens with zero attached hydrogens (tertiary/aromatic N) is 1. The van der Waals surface area contributed by atoms with Gasteiger partial charge in [0.25, 0.3) is 0 Å². The second-order valence-corrected chi connectivity index (χ2v) is 28.4. The van der Waals surface area contributed by atoms with Crippen LogP contribution >= 0.6 is 0 Å². The summed E-state index contributed by atoms with van der Waals surface area (Å²) in [5, 5.41) is 11.7. The summed E-state index contributed by atoms with van der Waals surface area (Å²) >= 11 is 0. The van der Waals surface area contributed by atoms with Crippen molar-refractivity contribution < 1.29 is 18.8 Å². The number of likely N-dealkylation sites (tertiary alicyclic amines) is 1. The molecule has 4 fully saturated rings. The fourth-order valence-corrected chi connectivity index (χ4v) is 11.3. The predicted octanol–water partition coefficient (Wildman–Crippen LogP) is 9.66. The number of hydrogen-bond acceptors (Lipinski definition) is 4. The number of hydrogen-bond donors (Lipinski definition) is 1. The SMILES string of the molecule is C=C1/C(=C/C=C2\CCC[C@@]3(C)C2CC[C@@H]3[C@H](C)C(O)C2CCN(C)C2=O)C[C@@H](O[Si](C)(C)C(C)(C)C)C[C@@H]1O[Si](C)(C)C(C)(C)C. The molecule has 4 rings (SSSR count). The molecule has 0 aromatic heterocycles. The fourth-order valence-electron chi connectivity index (χ4n) is 8.68. The van der Waals surface area contributed by atoms with Crippen molar-refractivity contribution in [3.63, 3.8) is 0 Å². The van der Waals surface area contributed by atoms with Crippen LogP contribution < -0.4 is 0 Å². The molecule has 0 spiro atoms. The van der Waals surface area contributed by atoms with Crippen LogP contribution in [0.5, 0.6) is 0 Å². The molecule has 0 aromatic carbocycles. The molecule has 1 aliphatic heterocycles. The summed E-state index contributed by atoms with van der Waals surface area (Å²) in [6.45, 7) is 33.5. The van der Waals surface area contributed by atoms with Crippen molar-refractivity contribution >= 4 is 22.5 Å². The van der Waals surface area contributed by atoms with Gasteiger partial charge < -0.3 is 18.9 Å². The van der Waals surface area contributed by atoms with Crippen molar-refractivity contribution in [2.24, 2.45) is 29.1 Å². The van der Waals surface area contributed by atoms with E-state index in [-0.39, 0.29) is 45.4 Å². The third-order valence-electron chi connectivity index (χ3n) is 13.8. The van der Waals surface area contributed by atoms with Crippen LogP contribution in [0.4, 0.5) is 0 Å². The number of carbonyl (C=O) groups is 1. The van der Waals surface area contributed by atoms with E-state index >= 15 is 0 Å². The maximum absolute atomic E-state index is 12.8. The highest BCUT2D eigenvalue weighted by molar-refractivity contribution is 6.74. The zero-order chi connectivity index (χ0) is 34.6. The summed E-state index contributed by atoms with van der Waals surface area (Å²) in [6.07, 6.45) is 12.8. The van der Waals surface area contributed by atoms with E-state index in [2.05, 4.69) is 100 Å². The molecular weight excluding hydrogens is 603 g/mol. The number of rotatable bonds is 8. The van der Waals surface area contributed by atoms with Gasteiger partial charge in [0.1, 0.15) is 0 Å². The van der Waals surface area contributed by atoms with E-state index in [0.717, 1.165) is 44.2 Å². The van der Waals surface area contributed by atoms with E-state index in [1.54, 1.807) is 10.5 Å². The first-order valence-electron chi connectivity index (χ1n) is 18.4. The zero-order valence-corrected chi connectivity index (χ0v) is 33.9. The van der Waals surface area contributed by atoms with Gasteiger partial charge in [0.05, 0.1) is 24.2 Å². The van der Waals surface area contributed by atoms with Crippen LogP contribution in [0.2, 0.25) is 36.3 Å². The number of fused-ring (bicyclic) bond motifs is 1. The lowest BCUT2D eigenvalue weighted by Crippen LogP contribution is -2.49. The summed E-state index contributed by atoms with van der Waals surface area (Å²) in [7, 11) is -2.10. The first-order valence-corrected chi connectivity index (χ1v) is 24.2. The van der Waals surface area contributed by atoms with Gasteiger partial charge in [-0.1, -0.05) is 79.7 Å². The van der Waals surface area contributed by atoms with Gasteiger partial charge in [-0.15, -0.1) is 0 Å². The van der Waals surface area contributed by atoms with Gasteiger partial charge in [0, 0.05) is 20.0 Å². The molecule has 4 aliphatic rings. The molecule has 46 heavy (non-hydrogen) atoms. The van der Waals surface area contributed by atoms with E-state index in [1.165, 1.54) is 24.8 Å². The van der Waals surface area contributed by atoms with Crippen molar-refractivity contribution in [1.82, 2.24) is 4.90 Å². The minimum atomic E-state index is -2.01. The number of carbonyl (C=O) groups excluding carboxylic acids is 1. The Balaban J connectivity index is 1.59. The molecule has 262 valence electrons. The molecule has 0 aromatic rings. The summed E-state index contributed by atoms with van der Waals surface area (Å²) < 4.78 is 14.1. The van der Waals surface area contributed by atoms with Gasteiger partial charge >= 0.3 is 0 Å². The molecule has 3 unspecified atom stereocenters. The van der Waals surface area contributed by atoms with Crippen LogP contribution in [-0.4, -0.2) is 64.5 Å². The van der Waals surface area contributed by atoms with E-state index in [1.807, 2.05) is 7.05 Å². The van der Waals surface area contributed by atoms with Gasteiger partial charge in [-0.05, 0) is 116 Å². The molecule has 3 saturated carbocycles. The minimum Gasteiger partial charge on any atom is -0.413 e. The zero-order valence-electron chi connectivity index (χ0n) is 31.9. The molecule has 0 radical (unpaired) electrons. The van der Waals surface area contributed by atoms with Crippen molar-refractivity contribution in [2.75, 3.05) is 13.6 Å². The molecular formula is C39H69NO4Si2. The van der Waals surface area contributed by atoms with E-state index in [9.17, 15) is 9.90 Å². The third kappa shape index (κ3) is 7.44. The molecule has 8 atom stereocenters. The molecule has 3 aliphatic carbocycles. The van der Waals surface area contributed by atoms with E-state index in [4.69, 9.17) is 8.85 Å². The van der Waals surface area contributed by atoms with E-state index in [0.29, 0.717) is 11.8 Å². The van der Waals surface area contributed by atoms with Gasteiger partial charge in [-0.3, -0.25) is 4.79 Å². The Morgan fingerprint density at radius 3 is 2.17 bits per heavy atom. The molecule has 1 amide bonds. The van der Waals surface area contributed by atoms with Crippen LogP contribution in [-0.2, 0) is 13.6 Å². The predicted molar refractivity (Wildman–Crippen MR) is 198 cm³/mol. The highest BCUT2D eigenvalue weighted by Gasteiger charge is 2.53. The van der Waals surface area contributed by atoms with Crippen molar-refractivity contribution in [3.05, 3.63) is 35.5 Å².